The quantitative estimate of drug-likeness (QED) is 0.636. The number of amides is 1. The first-order valence-corrected chi connectivity index (χ1v) is 10.2. The predicted octanol–water partition coefficient (Wildman–Crippen LogP) is 4.62. The molecule has 2 aromatic carbocycles. The molecule has 4 rings (SSSR count). The van der Waals surface area contributed by atoms with Gasteiger partial charge in [0.2, 0.25) is 5.89 Å². The van der Waals surface area contributed by atoms with Gasteiger partial charge < -0.3 is 14.5 Å². The fraction of sp³-hybridized carbons (Fsp3) is 0.348. The molecule has 0 bridgehead atoms. The summed E-state index contributed by atoms with van der Waals surface area (Å²) in [7, 11) is 0. The zero-order chi connectivity index (χ0) is 20.1. The molecular weight excluding hydrogens is 366 g/mol. The van der Waals surface area contributed by atoms with Gasteiger partial charge in [-0.3, -0.25) is 4.79 Å². The van der Waals surface area contributed by atoms with Crippen LogP contribution in [0.1, 0.15) is 39.0 Å². The minimum absolute atomic E-state index is 0.0651. The molecule has 0 radical (unpaired) electrons. The summed E-state index contributed by atoms with van der Waals surface area (Å²) in [5, 5.41) is 11.5. The third-order valence-corrected chi connectivity index (χ3v) is 5.20. The highest BCUT2D eigenvalue weighted by Crippen LogP contribution is 2.32. The third kappa shape index (κ3) is 4.47. The Morgan fingerprint density at radius 3 is 2.52 bits per heavy atom. The van der Waals surface area contributed by atoms with E-state index in [9.17, 15) is 4.79 Å². The minimum atomic E-state index is -0.562. The van der Waals surface area contributed by atoms with Gasteiger partial charge >= 0.3 is 0 Å². The Kier molecular flexibility index (Phi) is 5.89. The number of benzene rings is 2. The number of carbonyl (C=O) groups is 1. The van der Waals surface area contributed by atoms with Gasteiger partial charge in [-0.1, -0.05) is 50.1 Å². The van der Waals surface area contributed by atoms with E-state index in [2.05, 4.69) is 15.5 Å². The second-order valence-electron chi connectivity index (χ2n) is 7.28. The number of hydrogen-bond acceptors (Lipinski definition) is 5. The molecule has 0 saturated heterocycles. The predicted molar refractivity (Wildman–Crippen MR) is 110 cm³/mol. The molecule has 1 aliphatic rings. The molecule has 1 aromatic heterocycles. The van der Waals surface area contributed by atoms with Gasteiger partial charge in [-0.25, -0.2) is 0 Å². The lowest BCUT2D eigenvalue weighted by Gasteiger charge is -2.21. The summed E-state index contributed by atoms with van der Waals surface area (Å²) in [5.74, 6) is 1.31. The molecule has 150 valence electrons. The van der Waals surface area contributed by atoms with Crippen LogP contribution < -0.4 is 10.1 Å². The Balaban J connectivity index is 1.53. The first-order valence-electron chi connectivity index (χ1n) is 10.2. The maximum atomic E-state index is 12.7. The molecule has 1 saturated carbocycles. The first-order chi connectivity index (χ1) is 14.2. The molecule has 1 fully saturated rings. The molecule has 1 heterocycles. The van der Waals surface area contributed by atoms with Crippen molar-refractivity contribution < 1.29 is 13.9 Å². The second kappa shape index (κ2) is 8.90. The van der Waals surface area contributed by atoms with E-state index in [1.54, 1.807) is 0 Å². The normalized spacial score (nSPS) is 15.2. The molecule has 29 heavy (non-hydrogen) atoms. The average Bonchev–Trinajstić information content (AvgIpc) is 3.45. The van der Waals surface area contributed by atoms with Gasteiger partial charge in [0.15, 0.2) is 6.10 Å². The highest BCUT2D eigenvalue weighted by atomic mass is 16.5. The molecule has 6 heteroatoms. The highest BCUT2D eigenvalue weighted by Gasteiger charge is 2.25. The van der Waals surface area contributed by atoms with Crippen molar-refractivity contribution in [3.63, 3.8) is 0 Å². The van der Waals surface area contributed by atoms with E-state index in [-0.39, 0.29) is 11.9 Å². The molecule has 6 nitrogen and oxygen atoms in total. The van der Waals surface area contributed by atoms with Crippen LogP contribution in [-0.4, -0.2) is 28.3 Å². The third-order valence-electron chi connectivity index (χ3n) is 5.20. The molecule has 0 unspecified atom stereocenters. The second-order valence-corrected chi connectivity index (χ2v) is 7.28. The van der Waals surface area contributed by atoms with Gasteiger partial charge in [0.1, 0.15) is 5.75 Å². The number of aromatic nitrogens is 2. The molecule has 0 spiro atoms. The van der Waals surface area contributed by atoms with Crippen LogP contribution in [0.15, 0.2) is 59.0 Å². The van der Waals surface area contributed by atoms with Crippen molar-refractivity contribution >= 4 is 5.91 Å². The fourth-order valence-electron chi connectivity index (χ4n) is 3.62. The standard InChI is InChI=1S/C23H25N3O3/c1-2-19(21(27)24-17-12-6-7-13-17)28-20-15-9-8-14-18(20)23-26-25-22(29-23)16-10-4-3-5-11-16/h3-5,8-11,14-15,17,19H,2,6-7,12-13H2,1H3,(H,24,27)/t19-/m1/s1. The number of ether oxygens (including phenoxy) is 1. The minimum Gasteiger partial charge on any atom is -0.480 e. The molecule has 1 aliphatic carbocycles. The van der Waals surface area contributed by atoms with Crippen molar-refractivity contribution in [1.29, 1.82) is 0 Å². The lowest BCUT2D eigenvalue weighted by Crippen LogP contribution is -2.42. The van der Waals surface area contributed by atoms with Crippen LogP contribution in [0.2, 0.25) is 0 Å². The van der Waals surface area contributed by atoms with Crippen LogP contribution >= 0.6 is 0 Å². The summed E-state index contributed by atoms with van der Waals surface area (Å²) in [6, 6.07) is 17.3. The summed E-state index contributed by atoms with van der Waals surface area (Å²) < 4.78 is 12.0. The van der Waals surface area contributed by atoms with E-state index in [1.807, 2.05) is 61.5 Å². The van der Waals surface area contributed by atoms with Crippen molar-refractivity contribution in [3.8, 4) is 28.7 Å². The number of nitrogens with zero attached hydrogens (tertiary/aromatic N) is 2. The lowest BCUT2D eigenvalue weighted by molar-refractivity contribution is -0.128. The Morgan fingerprint density at radius 1 is 1.07 bits per heavy atom. The van der Waals surface area contributed by atoms with Crippen molar-refractivity contribution in [3.05, 3.63) is 54.6 Å². The van der Waals surface area contributed by atoms with Gasteiger partial charge in [0.25, 0.3) is 11.8 Å². The Bertz CT molecular complexity index is 949. The number of nitrogens with one attached hydrogen (secondary N) is 1. The average molecular weight is 391 g/mol. The zero-order valence-corrected chi connectivity index (χ0v) is 16.5. The van der Waals surface area contributed by atoms with Gasteiger partial charge in [-0.15, -0.1) is 10.2 Å². The van der Waals surface area contributed by atoms with Crippen LogP contribution in [0.3, 0.4) is 0 Å². The van der Waals surface area contributed by atoms with Crippen molar-refractivity contribution in [2.24, 2.45) is 0 Å². The SMILES string of the molecule is CC[C@@H](Oc1ccccc1-c1nnc(-c2ccccc2)o1)C(=O)NC1CCCC1. The van der Waals surface area contributed by atoms with E-state index >= 15 is 0 Å². The zero-order valence-electron chi connectivity index (χ0n) is 16.5. The Labute approximate surface area is 170 Å². The molecule has 1 atom stereocenters. The summed E-state index contributed by atoms with van der Waals surface area (Å²) in [6.07, 6.45) is 4.45. The Morgan fingerprint density at radius 2 is 1.76 bits per heavy atom. The maximum absolute atomic E-state index is 12.7. The van der Waals surface area contributed by atoms with E-state index in [0.29, 0.717) is 29.5 Å². The van der Waals surface area contributed by atoms with Crippen LogP contribution in [0.4, 0.5) is 0 Å². The van der Waals surface area contributed by atoms with Crippen LogP contribution in [-0.2, 0) is 4.79 Å². The van der Waals surface area contributed by atoms with Gasteiger partial charge in [0.05, 0.1) is 5.56 Å². The van der Waals surface area contributed by atoms with Crippen LogP contribution in [0.5, 0.6) is 5.75 Å². The lowest BCUT2D eigenvalue weighted by atomic mass is 10.1. The first kappa shape index (κ1) is 19.2. The van der Waals surface area contributed by atoms with Crippen LogP contribution in [0.25, 0.3) is 22.9 Å². The Hall–Kier alpha value is -3.15. The summed E-state index contributed by atoms with van der Waals surface area (Å²) >= 11 is 0. The van der Waals surface area contributed by atoms with Gasteiger partial charge in [0, 0.05) is 11.6 Å². The molecule has 1 amide bonds. The summed E-state index contributed by atoms with van der Waals surface area (Å²) in [5.41, 5.74) is 1.53. The number of para-hydroxylation sites is 1. The number of hydrogen-bond donors (Lipinski definition) is 1. The summed E-state index contributed by atoms with van der Waals surface area (Å²) in [6.45, 7) is 1.95. The highest BCUT2D eigenvalue weighted by molar-refractivity contribution is 5.81. The topological polar surface area (TPSA) is 77.2 Å². The molecule has 0 aliphatic heterocycles. The van der Waals surface area contributed by atoms with E-state index in [1.165, 1.54) is 12.8 Å². The number of carbonyl (C=O) groups excluding carboxylic acids is 1. The van der Waals surface area contributed by atoms with Crippen molar-refractivity contribution in [2.75, 3.05) is 0 Å². The largest absolute Gasteiger partial charge is 0.480 e. The maximum Gasteiger partial charge on any atom is 0.261 e. The molecule has 1 N–H and O–H groups in total. The monoisotopic (exact) mass is 391 g/mol. The van der Waals surface area contributed by atoms with E-state index in [0.717, 1.165) is 18.4 Å². The smallest absolute Gasteiger partial charge is 0.261 e. The fourth-order valence-corrected chi connectivity index (χ4v) is 3.62. The van der Waals surface area contributed by atoms with E-state index < -0.39 is 6.10 Å². The molecule has 3 aromatic rings. The van der Waals surface area contributed by atoms with Gasteiger partial charge in [-0.05, 0) is 43.5 Å². The van der Waals surface area contributed by atoms with Crippen LogP contribution in [0, 0.1) is 0 Å². The van der Waals surface area contributed by atoms with E-state index in [4.69, 9.17) is 9.15 Å². The molecular formula is C23H25N3O3. The summed E-state index contributed by atoms with van der Waals surface area (Å²) in [4.78, 5) is 12.7. The van der Waals surface area contributed by atoms with Gasteiger partial charge in [-0.2, -0.15) is 0 Å². The van der Waals surface area contributed by atoms with Crippen molar-refractivity contribution in [1.82, 2.24) is 15.5 Å². The number of rotatable bonds is 7. The van der Waals surface area contributed by atoms with Crippen molar-refractivity contribution in [2.45, 2.75) is 51.2 Å².